The van der Waals surface area contributed by atoms with Gasteiger partial charge in [-0.1, -0.05) is 60.7 Å². The molecule has 0 spiro atoms. The maximum absolute atomic E-state index is 6.32. The Morgan fingerprint density at radius 1 is 0.833 bits per heavy atom. The summed E-state index contributed by atoms with van der Waals surface area (Å²) < 4.78 is 12.6. The minimum atomic E-state index is -0.378. The Labute approximate surface area is 145 Å². The van der Waals surface area contributed by atoms with Crippen molar-refractivity contribution in [1.29, 1.82) is 0 Å². The molecule has 0 aromatic heterocycles. The van der Waals surface area contributed by atoms with Gasteiger partial charge in [0.1, 0.15) is 0 Å². The lowest BCUT2D eigenvalue weighted by Crippen LogP contribution is -2.41. The molecule has 0 radical (unpaired) electrons. The van der Waals surface area contributed by atoms with Gasteiger partial charge in [-0.15, -0.1) is 0 Å². The van der Waals surface area contributed by atoms with Crippen LogP contribution in [0.25, 0.3) is 11.5 Å². The summed E-state index contributed by atoms with van der Waals surface area (Å²) in [5.74, 6) is 0. The predicted molar refractivity (Wildman–Crippen MR) is 102 cm³/mol. The minimum Gasteiger partial charge on any atom is -0.399 e. The zero-order chi connectivity index (χ0) is 17.4. The summed E-state index contributed by atoms with van der Waals surface area (Å²) in [6.45, 7) is 10.5. The second-order valence-electron chi connectivity index (χ2n) is 7.41. The van der Waals surface area contributed by atoms with Crippen LogP contribution in [-0.4, -0.2) is 18.3 Å². The number of benzene rings is 2. The van der Waals surface area contributed by atoms with E-state index in [1.165, 1.54) is 11.1 Å². The zero-order valence-electron chi connectivity index (χ0n) is 15.2. The summed E-state index contributed by atoms with van der Waals surface area (Å²) in [5.41, 5.74) is 3.89. The van der Waals surface area contributed by atoms with Crippen molar-refractivity contribution in [2.24, 2.45) is 0 Å². The van der Waals surface area contributed by atoms with Crippen molar-refractivity contribution >= 4 is 18.7 Å². The van der Waals surface area contributed by atoms with E-state index in [1.54, 1.807) is 0 Å². The van der Waals surface area contributed by atoms with Crippen molar-refractivity contribution in [2.75, 3.05) is 0 Å². The van der Waals surface area contributed by atoms with Gasteiger partial charge in [0.2, 0.25) is 0 Å². The maximum atomic E-state index is 6.32. The molecule has 0 aliphatic carbocycles. The van der Waals surface area contributed by atoms with E-state index in [4.69, 9.17) is 9.31 Å². The molecule has 3 rings (SSSR count). The predicted octanol–water partition coefficient (Wildman–Crippen LogP) is 5.17. The average Bonchev–Trinajstić information content (AvgIpc) is 2.75. The van der Waals surface area contributed by atoms with Crippen LogP contribution >= 0.6 is 0 Å². The molecule has 0 N–H and O–H groups in total. The smallest absolute Gasteiger partial charge is 0.399 e. The summed E-state index contributed by atoms with van der Waals surface area (Å²) in [4.78, 5) is 0. The average molecular weight is 320 g/mol. The number of aryl methyl sites for hydroxylation is 1. The summed E-state index contributed by atoms with van der Waals surface area (Å²) in [7, 11) is -0.378. The molecule has 1 aliphatic rings. The van der Waals surface area contributed by atoms with Crippen molar-refractivity contribution in [3.8, 4) is 0 Å². The molecule has 1 heterocycles. The lowest BCUT2D eigenvalue weighted by Gasteiger charge is -2.32. The Kier molecular flexibility index (Phi) is 4.41. The van der Waals surface area contributed by atoms with E-state index in [-0.39, 0.29) is 18.3 Å². The van der Waals surface area contributed by atoms with Gasteiger partial charge in [0.15, 0.2) is 0 Å². The molecule has 124 valence electrons. The van der Waals surface area contributed by atoms with Gasteiger partial charge in [0.25, 0.3) is 0 Å². The van der Waals surface area contributed by atoms with Gasteiger partial charge in [-0.2, -0.15) is 0 Å². The Hall–Kier alpha value is -1.84. The summed E-state index contributed by atoms with van der Waals surface area (Å²) in [5, 5.41) is 0. The SMILES string of the molecule is Cc1ccccc1/C(=C/c1ccccc1)B1OC(C)(C)C(C)(C)O1. The molecule has 3 heteroatoms. The van der Waals surface area contributed by atoms with Crippen LogP contribution in [0.2, 0.25) is 0 Å². The van der Waals surface area contributed by atoms with Gasteiger partial charge < -0.3 is 9.31 Å². The number of hydrogen-bond acceptors (Lipinski definition) is 2. The Morgan fingerprint density at radius 3 is 1.96 bits per heavy atom. The third kappa shape index (κ3) is 3.19. The highest BCUT2D eigenvalue weighted by atomic mass is 16.7. The second kappa shape index (κ2) is 6.23. The molecule has 0 unspecified atom stereocenters. The molecule has 0 amide bonds. The molecule has 0 saturated carbocycles. The molecule has 24 heavy (non-hydrogen) atoms. The first-order valence-corrected chi connectivity index (χ1v) is 8.48. The Bertz CT molecular complexity index is 731. The molecule has 1 aliphatic heterocycles. The van der Waals surface area contributed by atoms with E-state index >= 15 is 0 Å². The van der Waals surface area contributed by atoms with Crippen LogP contribution in [0.4, 0.5) is 0 Å². The Balaban J connectivity index is 2.08. The molecule has 0 atom stereocenters. The van der Waals surface area contributed by atoms with Crippen molar-refractivity contribution in [3.63, 3.8) is 0 Å². The second-order valence-corrected chi connectivity index (χ2v) is 7.41. The van der Waals surface area contributed by atoms with Crippen molar-refractivity contribution in [1.82, 2.24) is 0 Å². The summed E-state index contributed by atoms with van der Waals surface area (Å²) >= 11 is 0. The van der Waals surface area contributed by atoms with E-state index < -0.39 is 0 Å². The van der Waals surface area contributed by atoms with Gasteiger partial charge in [-0.05, 0) is 56.8 Å². The van der Waals surface area contributed by atoms with E-state index in [1.807, 2.05) is 18.2 Å². The van der Waals surface area contributed by atoms with Crippen LogP contribution in [0.5, 0.6) is 0 Å². The van der Waals surface area contributed by atoms with Crippen molar-refractivity contribution < 1.29 is 9.31 Å². The standard InChI is InChI=1S/C21H25BO2/c1-16-11-9-10-14-18(16)19(15-17-12-7-6-8-13-17)22-23-20(2,3)21(4,5)24-22/h6-15H,1-5H3/b19-15-. The van der Waals surface area contributed by atoms with Gasteiger partial charge in [0.05, 0.1) is 11.2 Å². The normalized spacial score (nSPS) is 19.5. The minimum absolute atomic E-state index is 0.351. The highest BCUT2D eigenvalue weighted by Gasteiger charge is 2.52. The molecular formula is C21H25BO2. The molecule has 2 aromatic rings. The van der Waals surface area contributed by atoms with Crippen LogP contribution in [-0.2, 0) is 9.31 Å². The van der Waals surface area contributed by atoms with Gasteiger partial charge in [-0.3, -0.25) is 0 Å². The van der Waals surface area contributed by atoms with Crippen LogP contribution in [0.3, 0.4) is 0 Å². The van der Waals surface area contributed by atoms with Crippen LogP contribution < -0.4 is 0 Å². The van der Waals surface area contributed by atoms with Crippen LogP contribution in [0.15, 0.2) is 54.6 Å². The van der Waals surface area contributed by atoms with E-state index in [0.29, 0.717) is 0 Å². The van der Waals surface area contributed by atoms with Gasteiger partial charge in [-0.25, -0.2) is 0 Å². The Morgan fingerprint density at radius 2 is 1.38 bits per heavy atom. The fraction of sp³-hybridized carbons (Fsp3) is 0.333. The highest BCUT2D eigenvalue weighted by molar-refractivity contribution is 6.70. The fourth-order valence-electron chi connectivity index (χ4n) is 2.87. The van der Waals surface area contributed by atoms with Crippen LogP contribution in [0.1, 0.15) is 44.4 Å². The molecular weight excluding hydrogens is 295 g/mol. The number of hydrogen-bond donors (Lipinski definition) is 0. The van der Waals surface area contributed by atoms with Gasteiger partial charge in [0, 0.05) is 0 Å². The largest absolute Gasteiger partial charge is 0.495 e. The lowest BCUT2D eigenvalue weighted by molar-refractivity contribution is 0.00578. The maximum Gasteiger partial charge on any atom is 0.495 e. The van der Waals surface area contributed by atoms with E-state index in [2.05, 4.69) is 77.1 Å². The molecule has 2 nitrogen and oxygen atoms in total. The highest BCUT2D eigenvalue weighted by Crippen LogP contribution is 2.41. The molecule has 1 fully saturated rings. The first kappa shape index (κ1) is 17.0. The van der Waals surface area contributed by atoms with E-state index in [0.717, 1.165) is 11.0 Å². The molecule has 0 bridgehead atoms. The first-order valence-electron chi connectivity index (χ1n) is 8.48. The quantitative estimate of drug-likeness (QED) is 0.574. The summed E-state index contributed by atoms with van der Waals surface area (Å²) in [6.07, 6.45) is 2.17. The van der Waals surface area contributed by atoms with Crippen LogP contribution in [0, 0.1) is 6.92 Å². The van der Waals surface area contributed by atoms with Crippen molar-refractivity contribution in [2.45, 2.75) is 45.8 Å². The van der Waals surface area contributed by atoms with Crippen molar-refractivity contribution in [3.05, 3.63) is 71.3 Å². The molecule has 2 aromatic carbocycles. The number of rotatable bonds is 3. The fourth-order valence-corrected chi connectivity index (χ4v) is 2.87. The monoisotopic (exact) mass is 320 g/mol. The topological polar surface area (TPSA) is 18.5 Å². The molecule has 1 saturated heterocycles. The zero-order valence-corrected chi connectivity index (χ0v) is 15.2. The first-order chi connectivity index (χ1) is 11.3. The lowest BCUT2D eigenvalue weighted by atomic mass is 9.72. The third-order valence-electron chi connectivity index (χ3n) is 5.08. The third-order valence-corrected chi connectivity index (χ3v) is 5.08. The van der Waals surface area contributed by atoms with E-state index in [9.17, 15) is 0 Å². The van der Waals surface area contributed by atoms with Gasteiger partial charge >= 0.3 is 7.12 Å². The summed E-state index contributed by atoms with van der Waals surface area (Å²) in [6, 6.07) is 18.7.